The molecular weight excluding hydrogens is 283 g/mol. The third kappa shape index (κ3) is 1.79. The van der Waals surface area contributed by atoms with Gasteiger partial charge in [-0.2, -0.15) is 9.97 Å². The van der Waals surface area contributed by atoms with Crippen molar-refractivity contribution in [2.24, 2.45) is 0 Å². The summed E-state index contributed by atoms with van der Waals surface area (Å²) in [5.74, 6) is -0.754. The van der Waals surface area contributed by atoms with E-state index in [1.165, 1.54) is 6.33 Å². The van der Waals surface area contributed by atoms with Gasteiger partial charge in [0.25, 0.3) is 5.79 Å². The van der Waals surface area contributed by atoms with Crippen molar-refractivity contribution in [3.63, 3.8) is 0 Å². The van der Waals surface area contributed by atoms with Gasteiger partial charge in [0.1, 0.15) is 5.52 Å². The number of terminal acetylenes is 1. The molecule has 0 bridgehead atoms. The van der Waals surface area contributed by atoms with Gasteiger partial charge in [0.15, 0.2) is 30.0 Å². The van der Waals surface area contributed by atoms with Crippen LogP contribution in [0.2, 0.25) is 0 Å². The summed E-state index contributed by atoms with van der Waals surface area (Å²) in [5, 5.41) is 19.5. The maximum Gasteiger partial charge on any atom is 0.262 e. The molecule has 3 heterocycles. The fourth-order valence-corrected chi connectivity index (χ4v) is 2.16. The van der Waals surface area contributed by atoms with Crippen molar-refractivity contribution in [1.29, 1.82) is 0 Å². The van der Waals surface area contributed by atoms with Gasteiger partial charge in [-0.1, -0.05) is 0 Å². The molecule has 21 heavy (non-hydrogen) atoms. The van der Waals surface area contributed by atoms with Crippen molar-refractivity contribution in [1.82, 2.24) is 19.5 Å². The molecule has 0 amide bonds. The van der Waals surface area contributed by atoms with Crippen LogP contribution in [0.5, 0.6) is 0 Å². The predicted molar refractivity (Wildman–Crippen MR) is 69.0 cm³/mol. The molecule has 110 valence electrons. The van der Waals surface area contributed by atoms with Crippen LogP contribution in [0.4, 0.5) is 16.2 Å². The van der Waals surface area contributed by atoms with Gasteiger partial charge in [-0.3, -0.25) is 4.57 Å². The molecule has 0 unspecified atom stereocenters. The minimum absolute atomic E-state index is 0.0115. The summed E-state index contributed by atoms with van der Waals surface area (Å²) in [5.41, 5.74) is 11.4. The molecule has 0 aliphatic carbocycles. The third-order valence-electron chi connectivity index (χ3n) is 3.22. The Hall–Kier alpha value is -2.48. The van der Waals surface area contributed by atoms with Crippen LogP contribution < -0.4 is 11.5 Å². The number of aromatic nitrogens is 4. The number of fused-ring (bicyclic) bond motifs is 1. The molecule has 10 heteroatoms. The van der Waals surface area contributed by atoms with Crippen LogP contribution >= 0.6 is 0 Å². The zero-order chi connectivity index (χ0) is 15.4. The Morgan fingerprint density at radius 1 is 1.48 bits per heavy atom. The number of alkyl halides is 1. The standard InChI is InChI=1S/C11H11FN6O3/c1-2-11(20)6(19)4(12)9(21-11)18-3-15-5-7(13)16-10(14)17-8(5)18/h1,3-4,6,9,19-20H,(H4,13,14,16,17)/t4-,6+,9-,11+/m1/s1. The molecule has 0 spiro atoms. The van der Waals surface area contributed by atoms with Crippen LogP contribution in [0.1, 0.15) is 6.23 Å². The molecule has 3 rings (SSSR count). The summed E-state index contributed by atoms with van der Waals surface area (Å²) in [4.78, 5) is 11.6. The van der Waals surface area contributed by atoms with Crippen molar-refractivity contribution in [2.75, 3.05) is 11.5 Å². The molecule has 6 N–H and O–H groups in total. The van der Waals surface area contributed by atoms with Crippen LogP contribution in [0.25, 0.3) is 11.2 Å². The van der Waals surface area contributed by atoms with E-state index in [2.05, 4.69) is 15.0 Å². The van der Waals surface area contributed by atoms with Crippen LogP contribution in [0.3, 0.4) is 0 Å². The van der Waals surface area contributed by atoms with Crippen LogP contribution in [0.15, 0.2) is 6.33 Å². The minimum atomic E-state index is -2.44. The molecule has 2 aromatic rings. The number of ether oxygens (including phenoxy) is 1. The Bertz CT molecular complexity index is 758. The first-order valence-electron chi connectivity index (χ1n) is 5.83. The van der Waals surface area contributed by atoms with E-state index in [9.17, 15) is 14.6 Å². The number of imidazole rings is 1. The average molecular weight is 294 g/mol. The lowest BCUT2D eigenvalue weighted by molar-refractivity contribution is -0.195. The molecule has 1 saturated heterocycles. The fraction of sp³-hybridized carbons (Fsp3) is 0.364. The molecular formula is C11H11FN6O3. The lowest BCUT2D eigenvalue weighted by Crippen LogP contribution is -2.40. The van der Waals surface area contributed by atoms with Gasteiger partial charge in [0.05, 0.1) is 6.33 Å². The Labute approximate surface area is 117 Å². The number of halogens is 1. The highest BCUT2D eigenvalue weighted by molar-refractivity contribution is 5.82. The summed E-state index contributed by atoms with van der Waals surface area (Å²) >= 11 is 0. The normalized spacial score (nSPS) is 32.4. The topological polar surface area (TPSA) is 145 Å². The molecule has 2 aromatic heterocycles. The quantitative estimate of drug-likeness (QED) is 0.467. The number of rotatable bonds is 1. The first-order chi connectivity index (χ1) is 9.87. The summed E-state index contributed by atoms with van der Waals surface area (Å²) in [6.07, 6.45) is 0.892. The molecule has 1 fully saturated rings. The maximum absolute atomic E-state index is 14.2. The number of aliphatic hydroxyl groups excluding tert-OH is 1. The zero-order valence-corrected chi connectivity index (χ0v) is 10.5. The van der Waals surface area contributed by atoms with Gasteiger partial charge in [-0.05, 0) is 5.92 Å². The van der Waals surface area contributed by atoms with E-state index in [1.54, 1.807) is 0 Å². The van der Waals surface area contributed by atoms with Crippen LogP contribution in [0, 0.1) is 12.3 Å². The molecule has 1 aliphatic heterocycles. The van der Waals surface area contributed by atoms with Gasteiger partial charge in [0, 0.05) is 0 Å². The number of nitrogen functional groups attached to an aromatic ring is 2. The summed E-state index contributed by atoms with van der Waals surface area (Å²) in [6.45, 7) is 0. The largest absolute Gasteiger partial charge is 0.383 e. The molecule has 1 aliphatic rings. The number of hydrogen-bond acceptors (Lipinski definition) is 8. The molecule has 0 radical (unpaired) electrons. The molecule has 9 nitrogen and oxygen atoms in total. The Kier molecular flexibility index (Phi) is 2.74. The first-order valence-corrected chi connectivity index (χ1v) is 5.83. The fourth-order valence-electron chi connectivity index (χ4n) is 2.16. The maximum atomic E-state index is 14.2. The van der Waals surface area contributed by atoms with Gasteiger partial charge in [0.2, 0.25) is 5.95 Å². The van der Waals surface area contributed by atoms with E-state index in [-0.39, 0.29) is 22.9 Å². The van der Waals surface area contributed by atoms with E-state index in [0.29, 0.717) is 0 Å². The lowest BCUT2D eigenvalue weighted by Gasteiger charge is -2.18. The Morgan fingerprint density at radius 3 is 2.81 bits per heavy atom. The Morgan fingerprint density at radius 2 is 2.19 bits per heavy atom. The van der Waals surface area contributed by atoms with Gasteiger partial charge in [-0.25, -0.2) is 9.37 Å². The van der Waals surface area contributed by atoms with Crippen molar-refractivity contribution in [3.05, 3.63) is 6.33 Å². The van der Waals surface area contributed by atoms with Gasteiger partial charge < -0.3 is 26.4 Å². The van der Waals surface area contributed by atoms with E-state index in [4.69, 9.17) is 22.6 Å². The summed E-state index contributed by atoms with van der Waals surface area (Å²) in [7, 11) is 0. The predicted octanol–water partition coefficient (Wildman–Crippen LogP) is -1.46. The second-order valence-corrected chi connectivity index (χ2v) is 4.53. The van der Waals surface area contributed by atoms with Crippen molar-refractivity contribution in [3.8, 4) is 12.3 Å². The summed E-state index contributed by atoms with van der Waals surface area (Å²) < 4.78 is 20.3. The zero-order valence-electron chi connectivity index (χ0n) is 10.5. The van der Waals surface area contributed by atoms with Crippen molar-refractivity contribution < 1.29 is 19.3 Å². The highest BCUT2D eigenvalue weighted by atomic mass is 19.1. The highest BCUT2D eigenvalue weighted by Gasteiger charge is 2.55. The number of nitrogens with two attached hydrogens (primary N) is 2. The van der Waals surface area contributed by atoms with E-state index in [1.807, 2.05) is 5.92 Å². The number of aliphatic hydroxyl groups is 2. The molecule has 4 atom stereocenters. The smallest absolute Gasteiger partial charge is 0.262 e. The van der Waals surface area contributed by atoms with Crippen molar-refractivity contribution >= 4 is 22.9 Å². The second-order valence-electron chi connectivity index (χ2n) is 4.53. The monoisotopic (exact) mass is 294 g/mol. The van der Waals surface area contributed by atoms with Crippen LogP contribution in [-0.4, -0.2) is 47.8 Å². The lowest BCUT2D eigenvalue weighted by atomic mass is 10.1. The van der Waals surface area contributed by atoms with Crippen molar-refractivity contribution in [2.45, 2.75) is 24.3 Å². The first kappa shape index (κ1) is 13.5. The second kappa shape index (κ2) is 4.26. The van der Waals surface area contributed by atoms with E-state index >= 15 is 0 Å². The average Bonchev–Trinajstić information content (AvgIpc) is 2.95. The molecule has 0 aromatic carbocycles. The van der Waals surface area contributed by atoms with E-state index < -0.39 is 24.3 Å². The third-order valence-corrected chi connectivity index (χ3v) is 3.22. The SMILES string of the molecule is C#C[C@]1(O)O[C@@H](n2cnc3c(N)nc(N)nc32)[C@H](F)[C@@H]1O. The number of anilines is 2. The van der Waals surface area contributed by atoms with E-state index in [0.717, 1.165) is 4.57 Å². The highest BCUT2D eigenvalue weighted by Crippen LogP contribution is 2.38. The Balaban J connectivity index is 2.12. The molecule has 0 saturated carbocycles. The van der Waals surface area contributed by atoms with Gasteiger partial charge in [-0.15, -0.1) is 6.42 Å². The van der Waals surface area contributed by atoms with Gasteiger partial charge >= 0.3 is 0 Å². The number of hydrogen-bond donors (Lipinski definition) is 4. The minimum Gasteiger partial charge on any atom is -0.383 e. The van der Waals surface area contributed by atoms with Crippen LogP contribution in [-0.2, 0) is 4.74 Å². The number of nitrogens with zero attached hydrogens (tertiary/aromatic N) is 4. The summed E-state index contributed by atoms with van der Waals surface area (Å²) in [6, 6.07) is 0.